The van der Waals surface area contributed by atoms with Crippen molar-refractivity contribution in [2.45, 2.75) is 94.6 Å². The molecule has 7 atom stereocenters. The lowest BCUT2D eigenvalue weighted by Gasteiger charge is -2.23. The SMILES string of the molecule is NC(=O)OCCSSC[C@H](CC(=O)[C@H](CC(=O)O)NC(=O)[C@@H](N)CNC(=O)[C@@H](CC(=O)[C@H](Cc1ccccc1)NC(=O)CCNC(=O)CC[C@H](NC(=O)N[C@@H](CCC(=O)O)OC=O)C(=O)O)Cc1ccccc1)C(=O)O. The number of urea groups is 1. The van der Waals surface area contributed by atoms with Gasteiger partial charge in [-0.1, -0.05) is 82.3 Å². The highest BCUT2D eigenvalue weighted by atomic mass is 33.1. The van der Waals surface area contributed by atoms with Crippen LogP contribution in [0.3, 0.4) is 0 Å². The summed E-state index contributed by atoms with van der Waals surface area (Å²) in [4.78, 5) is 160. The van der Waals surface area contributed by atoms with Crippen LogP contribution >= 0.6 is 21.6 Å². The summed E-state index contributed by atoms with van der Waals surface area (Å²) in [6.45, 7) is -0.907. The van der Waals surface area contributed by atoms with Crippen molar-refractivity contribution in [1.82, 2.24) is 31.9 Å². The molecule has 0 unspecified atom stereocenters. The number of carbonyl (C=O) groups excluding carboxylic acids is 9. The van der Waals surface area contributed by atoms with E-state index in [9.17, 15) is 77.6 Å². The van der Waals surface area contributed by atoms with Crippen LogP contribution in [0.5, 0.6) is 0 Å². The van der Waals surface area contributed by atoms with Crippen LogP contribution < -0.4 is 43.4 Å². The van der Waals surface area contributed by atoms with Crippen LogP contribution in [0.1, 0.15) is 62.5 Å². The molecule has 2 aromatic rings. The van der Waals surface area contributed by atoms with Gasteiger partial charge in [-0.15, -0.1) is 0 Å². The first-order valence-corrected chi connectivity index (χ1v) is 25.8. The zero-order valence-corrected chi connectivity index (χ0v) is 42.5. The molecule has 0 aliphatic rings. The quantitative estimate of drug-likeness (QED) is 0.0173. The number of amides is 7. The Balaban J connectivity index is 2.11. The van der Waals surface area contributed by atoms with Crippen LogP contribution in [0.25, 0.3) is 0 Å². The third kappa shape index (κ3) is 27.5. The van der Waals surface area contributed by atoms with Crippen LogP contribution in [0, 0.1) is 11.8 Å². The maximum absolute atomic E-state index is 14.1. The van der Waals surface area contributed by atoms with E-state index in [4.69, 9.17) is 16.6 Å². The van der Waals surface area contributed by atoms with Crippen LogP contribution in [-0.2, 0) is 75.1 Å². The monoisotopic (exact) mass is 1110 g/mol. The van der Waals surface area contributed by atoms with Gasteiger partial charge in [-0.25, -0.2) is 14.4 Å². The Kier molecular flexibility index (Phi) is 30.0. The predicted octanol–water partition coefficient (Wildman–Crippen LogP) is -0.526. The molecule has 0 fully saturated rings. The second-order valence-electron chi connectivity index (χ2n) is 16.7. The summed E-state index contributed by atoms with van der Waals surface area (Å²) in [6, 6.07) is 9.92. The van der Waals surface area contributed by atoms with Gasteiger partial charge in [0, 0.05) is 62.6 Å². The van der Waals surface area contributed by atoms with E-state index in [2.05, 4.69) is 41.4 Å². The molecule has 0 spiro atoms. The van der Waals surface area contributed by atoms with Gasteiger partial charge in [0.1, 0.15) is 18.7 Å². The molecule has 0 saturated carbocycles. The van der Waals surface area contributed by atoms with Gasteiger partial charge in [-0.2, -0.15) is 0 Å². The summed E-state index contributed by atoms with van der Waals surface area (Å²) < 4.78 is 9.20. The second kappa shape index (κ2) is 35.4. The molecular formula is C47H62N8O19S2. The van der Waals surface area contributed by atoms with E-state index in [0.29, 0.717) is 11.1 Å². The number of hydrogen-bond donors (Lipinski definition) is 12. The average molecular weight is 1110 g/mol. The lowest BCUT2D eigenvalue weighted by Crippen LogP contribution is -2.53. The van der Waals surface area contributed by atoms with E-state index in [1.807, 2.05) is 0 Å². The van der Waals surface area contributed by atoms with Crippen LogP contribution in [-0.4, -0.2) is 160 Å². The Labute approximate surface area is 442 Å². The summed E-state index contributed by atoms with van der Waals surface area (Å²) >= 11 is 0. The number of Topliss-reactive ketones (excluding diaryl/α,β-unsaturated/α-hetero) is 2. The smallest absolute Gasteiger partial charge is 0.404 e. The van der Waals surface area contributed by atoms with E-state index < -0.39 is 158 Å². The molecule has 0 heterocycles. The first kappa shape index (κ1) is 64.3. The number of rotatable bonds is 39. The Morgan fingerprint density at radius 2 is 1.22 bits per heavy atom. The number of carboxylic acid groups (broad SMARTS) is 4. The van der Waals surface area contributed by atoms with Crippen molar-refractivity contribution in [2.75, 3.05) is 31.2 Å². The first-order chi connectivity index (χ1) is 36.1. The molecular weight excluding hydrogens is 1040 g/mol. The molecule has 2 aromatic carbocycles. The van der Waals surface area contributed by atoms with Crippen LogP contribution in [0.4, 0.5) is 9.59 Å². The maximum atomic E-state index is 14.1. The zero-order chi connectivity index (χ0) is 56.6. The number of carboxylic acids is 4. The predicted molar refractivity (Wildman–Crippen MR) is 269 cm³/mol. The third-order valence-corrected chi connectivity index (χ3v) is 13.1. The van der Waals surface area contributed by atoms with Gasteiger partial charge in [-0.3, -0.25) is 47.9 Å². The number of hydrogen-bond acceptors (Lipinski definition) is 18. The Morgan fingerprint density at radius 3 is 1.80 bits per heavy atom. The molecule has 0 radical (unpaired) electrons. The molecule has 29 heteroatoms. The lowest BCUT2D eigenvalue weighted by molar-refractivity contribution is -0.144. The number of nitrogens with two attached hydrogens (primary N) is 2. The Morgan fingerprint density at radius 1 is 0.605 bits per heavy atom. The van der Waals surface area contributed by atoms with Gasteiger partial charge in [-0.05, 0) is 30.4 Å². The molecule has 416 valence electrons. The van der Waals surface area contributed by atoms with Crippen LogP contribution in [0.2, 0.25) is 0 Å². The fourth-order valence-electron chi connectivity index (χ4n) is 6.80. The van der Waals surface area contributed by atoms with Gasteiger partial charge in [0.05, 0.1) is 30.8 Å². The fraction of sp³-hybridized carbons (Fsp3) is 0.468. The van der Waals surface area contributed by atoms with Gasteiger partial charge < -0.3 is 73.3 Å². The summed E-state index contributed by atoms with van der Waals surface area (Å²) in [7, 11) is 2.19. The number of carbonyl (C=O) groups is 13. The topological polar surface area (TPSA) is 446 Å². The highest BCUT2D eigenvalue weighted by molar-refractivity contribution is 8.76. The van der Waals surface area contributed by atoms with Crippen molar-refractivity contribution < 1.29 is 92.2 Å². The standard InChI is InChI=1S/C47H62N8O19S2/c48-31(43(66)53-34(23-41(63)64)36(58)22-30(44(67)68)25-76-75-18-17-73-46(49)71)24-51-42(65)29(19-27-7-3-1-4-8-27)21-35(57)33(20-28-9-5-2-6-10-28)52-38(60)15-16-50-37(59)12-11-32(45(69)70)54-47(72)55-39(74-26-56)13-14-40(61)62/h1-10,26,29-34,39H,11-25,48H2,(H2,49,71)(H,50,59)(H,51,65)(H,52,60)(H,53,66)(H,61,62)(H,63,64)(H,67,68)(H,69,70)(H2,54,55,72)/t29-,30+,31+,32+,33+,34+,39-/m1/s1. The van der Waals surface area contributed by atoms with Gasteiger partial charge >= 0.3 is 36.0 Å². The summed E-state index contributed by atoms with van der Waals surface area (Å²) in [6.07, 6.45) is -6.44. The van der Waals surface area contributed by atoms with Crippen LogP contribution in [0.15, 0.2) is 60.7 Å². The zero-order valence-electron chi connectivity index (χ0n) is 40.9. The third-order valence-electron chi connectivity index (χ3n) is 10.7. The summed E-state index contributed by atoms with van der Waals surface area (Å²) in [5.74, 6) is -12.6. The minimum atomic E-state index is -1.69. The number of ether oxygens (including phenoxy) is 2. The molecule has 0 bridgehead atoms. The van der Waals surface area contributed by atoms with E-state index in [-0.39, 0.29) is 56.8 Å². The molecule has 2 rings (SSSR count). The molecule has 0 aliphatic carbocycles. The van der Waals surface area contributed by atoms with Gasteiger partial charge in [0.2, 0.25) is 23.6 Å². The molecule has 0 saturated heterocycles. The number of benzene rings is 2. The number of primary amides is 1. The molecule has 76 heavy (non-hydrogen) atoms. The van der Waals surface area contributed by atoms with E-state index in [1.165, 1.54) is 0 Å². The highest BCUT2D eigenvalue weighted by Crippen LogP contribution is 2.26. The normalized spacial score (nSPS) is 13.5. The average Bonchev–Trinajstić information content (AvgIpc) is 3.36. The van der Waals surface area contributed by atoms with Crippen molar-refractivity contribution in [3.8, 4) is 0 Å². The van der Waals surface area contributed by atoms with Gasteiger partial charge in [0.15, 0.2) is 17.8 Å². The minimum Gasteiger partial charge on any atom is -0.481 e. The largest absolute Gasteiger partial charge is 0.481 e. The van der Waals surface area contributed by atoms with Gasteiger partial charge in [0.25, 0.3) is 6.47 Å². The number of nitrogens with one attached hydrogen (secondary N) is 6. The summed E-state index contributed by atoms with van der Waals surface area (Å²) in [5.41, 5.74) is 12.3. The van der Waals surface area contributed by atoms with Crippen molar-refractivity contribution in [3.05, 3.63) is 71.8 Å². The fourth-order valence-corrected chi connectivity index (χ4v) is 8.93. The summed E-state index contributed by atoms with van der Waals surface area (Å²) in [5, 5.41) is 51.7. The lowest BCUT2D eigenvalue weighted by atomic mass is 9.89. The molecule has 14 N–H and O–H groups in total. The number of aliphatic carboxylic acids is 4. The highest BCUT2D eigenvalue weighted by Gasteiger charge is 2.32. The second-order valence-corrected chi connectivity index (χ2v) is 19.3. The first-order valence-electron chi connectivity index (χ1n) is 23.3. The van der Waals surface area contributed by atoms with Crippen molar-refractivity contribution in [1.29, 1.82) is 0 Å². The molecule has 27 nitrogen and oxygen atoms in total. The Hall–Kier alpha value is -7.79. The molecule has 0 aromatic heterocycles. The van der Waals surface area contributed by atoms with Crippen molar-refractivity contribution in [3.63, 3.8) is 0 Å². The van der Waals surface area contributed by atoms with Crippen molar-refractivity contribution in [2.24, 2.45) is 23.3 Å². The van der Waals surface area contributed by atoms with E-state index >= 15 is 0 Å². The molecule has 7 amide bonds. The van der Waals surface area contributed by atoms with E-state index in [0.717, 1.165) is 21.6 Å². The van der Waals surface area contributed by atoms with Crippen molar-refractivity contribution >= 4 is 99.3 Å². The number of ketones is 2. The van der Waals surface area contributed by atoms with E-state index in [1.54, 1.807) is 60.7 Å². The molecule has 0 aliphatic heterocycles. The maximum Gasteiger partial charge on any atom is 0.404 e. The minimum absolute atomic E-state index is 0.000578. The Bertz CT molecular complexity index is 2320.